The second-order valence-electron chi connectivity index (χ2n) is 1.62. The van der Waals surface area contributed by atoms with Gasteiger partial charge in [-0.25, -0.2) is 0 Å². The highest BCUT2D eigenvalue weighted by Crippen LogP contribution is 1.85. The normalized spacial score (nSPS) is 12.4. The molecule has 0 atom stereocenters. The Kier molecular flexibility index (Phi) is 3.35. The lowest BCUT2D eigenvalue weighted by Gasteiger charge is -1.86. The number of allylic oxidation sites excluding steroid dienone is 1. The third kappa shape index (κ3) is 3.46. The van der Waals surface area contributed by atoms with Crippen LogP contribution in [0.2, 0.25) is 0 Å². The quantitative estimate of drug-likeness (QED) is 0.414. The van der Waals surface area contributed by atoms with E-state index in [2.05, 4.69) is 4.99 Å². The molecular formula is C6H10N2O. The lowest BCUT2D eigenvalue weighted by Crippen LogP contribution is -2.11. The minimum atomic E-state index is -0.408. The molecule has 1 amide bonds. The molecule has 0 aromatic carbocycles. The highest BCUT2D eigenvalue weighted by molar-refractivity contribution is 5.95. The number of amides is 1. The van der Waals surface area contributed by atoms with Crippen LogP contribution >= 0.6 is 0 Å². The van der Waals surface area contributed by atoms with Crippen LogP contribution in [-0.2, 0) is 4.79 Å². The fourth-order valence-corrected chi connectivity index (χ4v) is 0.268. The van der Waals surface area contributed by atoms with Crippen molar-refractivity contribution in [3.63, 3.8) is 0 Å². The summed E-state index contributed by atoms with van der Waals surface area (Å²) in [5.41, 5.74) is 5.42. The first-order chi connectivity index (χ1) is 4.18. The Bertz CT molecular complexity index is 158. The Morgan fingerprint density at radius 2 is 2.22 bits per heavy atom. The van der Waals surface area contributed by atoms with Gasteiger partial charge >= 0.3 is 0 Å². The van der Waals surface area contributed by atoms with Crippen molar-refractivity contribution in [1.29, 1.82) is 0 Å². The number of rotatable bonds is 2. The molecular weight excluding hydrogens is 116 g/mol. The van der Waals surface area contributed by atoms with E-state index >= 15 is 0 Å². The molecule has 0 unspecified atom stereocenters. The molecule has 0 spiro atoms. The van der Waals surface area contributed by atoms with Crippen molar-refractivity contribution in [2.45, 2.75) is 6.92 Å². The van der Waals surface area contributed by atoms with Gasteiger partial charge < -0.3 is 5.73 Å². The zero-order valence-electron chi connectivity index (χ0n) is 5.59. The first kappa shape index (κ1) is 7.88. The average Bonchev–Trinajstić information content (AvgIpc) is 1.82. The summed E-state index contributed by atoms with van der Waals surface area (Å²) >= 11 is 0. The summed E-state index contributed by atoms with van der Waals surface area (Å²) in [6.45, 7) is 1.64. The molecule has 0 radical (unpaired) electrons. The van der Waals surface area contributed by atoms with Crippen LogP contribution in [-0.4, -0.2) is 19.2 Å². The van der Waals surface area contributed by atoms with E-state index in [0.717, 1.165) is 0 Å². The number of nitrogens with zero attached hydrogens (tertiary/aromatic N) is 1. The molecule has 50 valence electrons. The van der Waals surface area contributed by atoms with E-state index in [1.54, 1.807) is 20.0 Å². The zero-order valence-corrected chi connectivity index (χ0v) is 5.59. The number of nitrogens with two attached hydrogens (primary N) is 1. The van der Waals surface area contributed by atoms with Gasteiger partial charge in [0.15, 0.2) is 0 Å². The van der Waals surface area contributed by atoms with Gasteiger partial charge in [-0.1, -0.05) is 0 Å². The third-order valence-corrected chi connectivity index (χ3v) is 0.862. The van der Waals surface area contributed by atoms with Gasteiger partial charge in [-0.15, -0.1) is 0 Å². The van der Waals surface area contributed by atoms with Crippen molar-refractivity contribution in [2.24, 2.45) is 10.7 Å². The summed E-state index contributed by atoms with van der Waals surface area (Å²) in [5.74, 6) is -0.408. The molecule has 0 rings (SSSR count). The molecule has 0 aliphatic rings. The van der Waals surface area contributed by atoms with E-state index in [1.165, 1.54) is 6.21 Å². The SMILES string of the molecule is CN=C/C=C(\C)C(N)=O. The second kappa shape index (κ2) is 3.83. The molecule has 9 heavy (non-hydrogen) atoms. The number of carbonyl (C=O) groups excluding carboxylic acids is 1. The fourth-order valence-electron chi connectivity index (χ4n) is 0.268. The van der Waals surface area contributed by atoms with Gasteiger partial charge in [-0.05, 0) is 13.0 Å². The molecule has 0 aliphatic carbocycles. The molecule has 0 saturated heterocycles. The van der Waals surface area contributed by atoms with E-state index in [-0.39, 0.29) is 0 Å². The van der Waals surface area contributed by atoms with Gasteiger partial charge in [0.05, 0.1) is 0 Å². The second-order valence-corrected chi connectivity index (χ2v) is 1.62. The van der Waals surface area contributed by atoms with Crippen LogP contribution in [0.25, 0.3) is 0 Å². The Balaban J connectivity index is 4.00. The maximum atomic E-state index is 10.3. The minimum Gasteiger partial charge on any atom is -0.366 e. The summed E-state index contributed by atoms with van der Waals surface area (Å²) in [4.78, 5) is 13.9. The Morgan fingerprint density at radius 3 is 2.56 bits per heavy atom. The van der Waals surface area contributed by atoms with Crippen molar-refractivity contribution in [1.82, 2.24) is 0 Å². The number of carbonyl (C=O) groups is 1. The molecule has 2 N–H and O–H groups in total. The van der Waals surface area contributed by atoms with Crippen LogP contribution in [0.5, 0.6) is 0 Å². The van der Waals surface area contributed by atoms with Crippen LogP contribution in [0.15, 0.2) is 16.6 Å². The molecule has 0 aliphatic heterocycles. The van der Waals surface area contributed by atoms with Gasteiger partial charge in [0, 0.05) is 18.8 Å². The molecule has 0 fully saturated rings. The highest BCUT2D eigenvalue weighted by Gasteiger charge is 1.91. The maximum Gasteiger partial charge on any atom is 0.244 e. The zero-order chi connectivity index (χ0) is 7.28. The monoisotopic (exact) mass is 126 g/mol. The summed E-state index contributed by atoms with van der Waals surface area (Å²) in [7, 11) is 1.63. The van der Waals surface area contributed by atoms with Crippen LogP contribution in [0.1, 0.15) is 6.92 Å². The largest absolute Gasteiger partial charge is 0.366 e. The summed E-state index contributed by atoms with van der Waals surface area (Å²) in [6, 6.07) is 0. The molecule has 0 heterocycles. The van der Waals surface area contributed by atoms with E-state index in [0.29, 0.717) is 5.57 Å². The van der Waals surface area contributed by atoms with Crippen molar-refractivity contribution >= 4 is 12.1 Å². The smallest absolute Gasteiger partial charge is 0.244 e. The Morgan fingerprint density at radius 1 is 1.67 bits per heavy atom. The number of hydrogen-bond acceptors (Lipinski definition) is 2. The fraction of sp³-hybridized carbons (Fsp3) is 0.333. The van der Waals surface area contributed by atoms with E-state index in [4.69, 9.17) is 5.73 Å². The van der Waals surface area contributed by atoms with Crippen molar-refractivity contribution in [3.8, 4) is 0 Å². The first-order valence-corrected chi connectivity index (χ1v) is 2.57. The van der Waals surface area contributed by atoms with Gasteiger partial charge in [0.2, 0.25) is 5.91 Å². The third-order valence-electron chi connectivity index (χ3n) is 0.862. The highest BCUT2D eigenvalue weighted by atomic mass is 16.1. The van der Waals surface area contributed by atoms with Crippen LogP contribution < -0.4 is 5.73 Å². The first-order valence-electron chi connectivity index (χ1n) is 2.57. The predicted molar refractivity (Wildman–Crippen MR) is 37.4 cm³/mol. The Hall–Kier alpha value is -1.12. The van der Waals surface area contributed by atoms with Crippen LogP contribution in [0, 0.1) is 0 Å². The predicted octanol–water partition coefficient (Wildman–Crippen LogP) is 0.119. The van der Waals surface area contributed by atoms with E-state index < -0.39 is 5.91 Å². The average molecular weight is 126 g/mol. The van der Waals surface area contributed by atoms with Crippen LogP contribution in [0.3, 0.4) is 0 Å². The maximum absolute atomic E-state index is 10.3. The molecule has 0 aromatic rings. The standard InChI is InChI=1S/C6H10N2O/c1-5(6(7)9)3-4-8-2/h3-4H,1-2H3,(H2,7,9)/b5-3+,8-4?. The number of primary amides is 1. The molecule has 3 nitrogen and oxygen atoms in total. The summed E-state index contributed by atoms with van der Waals surface area (Å²) < 4.78 is 0. The summed E-state index contributed by atoms with van der Waals surface area (Å²) in [6.07, 6.45) is 3.10. The van der Waals surface area contributed by atoms with Crippen molar-refractivity contribution < 1.29 is 4.79 Å². The van der Waals surface area contributed by atoms with E-state index in [9.17, 15) is 4.79 Å². The summed E-state index contributed by atoms with van der Waals surface area (Å²) in [5, 5.41) is 0. The number of hydrogen-bond donors (Lipinski definition) is 1. The topological polar surface area (TPSA) is 55.4 Å². The lowest BCUT2D eigenvalue weighted by atomic mass is 10.3. The van der Waals surface area contributed by atoms with Gasteiger partial charge in [0.1, 0.15) is 0 Å². The number of aliphatic imine (C=N–C) groups is 1. The Labute approximate surface area is 54.3 Å². The van der Waals surface area contributed by atoms with Gasteiger partial charge in [0.25, 0.3) is 0 Å². The van der Waals surface area contributed by atoms with Crippen molar-refractivity contribution in [2.75, 3.05) is 7.05 Å². The van der Waals surface area contributed by atoms with Gasteiger partial charge in [-0.2, -0.15) is 0 Å². The van der Waals surface area contributed by atoms with Crippen LogP contribution in [0.4, 0.5) is 0 Å². The lowest BCUT2D eigenvalue weighted by molar-refractivity contribution is -0.114. The minimum absolute atomic E-state index is 0.408. The van der Waals surface area contributed by atoms with E-state index in [1.807, 2.05) is 0 Å². The molecule has 3 heteroatoms. The molecule has 0 aromatic heterocycles. The molecule has 0 bridgehead atoms. The van der Waals surface area contributed by atoms with Crippen molar-refractivity contribution in [3.05, 3.63) is 11.6 Å². The van der Waals surface area contributed by atoms with Gasteiger partial charge in [-0.3, -0.25) is 9.79 Å². The molecule has 0 saturated carbocycles.